The Morgan fingerprint density at radius 2 is 1.44 bits per heavy atom. The van der Waals surface area contributed by atoms with Crippen LogP contribution < -0.4 is 15.1 Å². The lowest BCUT2D eigenvalue weighted by atomic mass is 9.65. The molecule has 3 aromatic carbocycles. The lowest BCUT2D eigenvalue weighted by Crippen LogP contribution is -2.52. The van der Waals surface area contributed by atoms with Gasteiger partial charge in [-0.05, 0) is 148 Å². The molecule has 0 radical (unpaired) electrons. The molecule has 3 atom stereocenters. The second kappa shape index (κ2) is 15.3. The number of carbonyl (C=O) groups is 3. The fourth-order valence-electron chi connectivity index (χ4n) is 10.8. The summed E-state index contributed by atoms with van der Waals surface area (Å²) in [4.78, 5) is 49.0. The third-order valence-corrected chi connectivity index (χ3v) is 14.0. The lowest BCUT2D eigenvalue weighted by Gasteiger charge is -2.42. The van der Waals surface area contributed by atoms with Crippen molar-refractivity contribution < 1.29 is 19.5 Å². The number of amides is 3. The quantitative estimate of drug-likeness (QED) is 0.318. The van der Waals surface area contributed by atoms with E-state index in [-0.39, 0.29) is 24.1 Å². The van der Waals surface area contributed by atoms with Gasteiger partial charge in [-0.2, -0.15) is 0 Å². The van der Waals surface area contributed by atoms with Crippen LogP contribution in [-0.4, -0.2) is 110 Å². The van der Waals surface area contributed by atoms with Crippen molar-refractivity contribution in [2.24, 2.45) is 17.8 Å². The van der Waals surface area contributed by atoms with Crippen molar-refractivity contribution in [3.05, 3.63) is 88.5 Å². The molecular formula is C45H56N6O4. The first-order valence-corrected chi connectivity index (χ1v) is 20.9. The van der Waals surface area contributed by atoms with Gasteiger partial charge in [-0.1, -0.05) is 18.2 Å². The Kier molecular flexibility index (Phi) is 10.1. The molecule has 5 heterocycles. The zero-order valence-corrected chi connectivity index (χ0v) is 32.3. The fraction of sp³-hybridized carbons (Fsp3) is 0.533. The van der Waals surface area contributed by atoms with Gasteiger partial charge in [0.2, 0.25) is 11.8 Å². The maximum atomic E-state index is 13.2. The van der Waals surface area contributed by atoms with E-state index in [1.807, 2.05) is 18.2 Å². The molecule has 0 saturated carbocycles. The van der Waals surface area contributed by atoms with E-state index < -0.39 is 6.04 Å². The van der Waals surface area contributed by atoms with Crippen LogP contribution in [0.1, 0.15) is 83.5 Å². The molecule has 290 valence electrons. The number of likely N-dealkylation sites (tertiary alicyclic amines) is 1. The second-order valence-corrected chi connectivity index (χ2v) is 17.3. The SMILES string of the molecule is CN1CCC([C@@H]2CCc3cc(O)ccc3[C@@H]2c2ccc(N3CCC(CN4CCN(c5ccc6c(c5)CN([C@H]5CCC(=O)NC5=O)C6=O)CC4)CC3)cc2)CC1. The van der Waals surface area contributed by atoms with Crippen LogP contribution in [0.25, 0.3) is 0 Å². The molecule has 4 fully saturated rings. The number of fused-ring (bicyclic) bond motifs is 2. The molecule has 10 heteroatoms. The Hall–Kier alpha value is -4.41. The Morgan fingerprint density at radius 3 is 2.18 bits per heavy atom. The number of phenols is 1. The highest BCUT2D eigenvalue weighted by Gasteiger charge is 2.40. The van der Waals surface area contributed by atoms with Crippen LogP contribution in [0.3, 0.4) is 0 Å². The molecule has 0 bridgehead atoms. The number of nitrogens with zero attached hydrogens (tertiary/aromatic N) is 5. The van der Waals surface area contributed by atoms with E-state index in [1.54, 1.807) is 4.90 Å². The van der Waals surface area contributed by atoms with Crippen LogP contribution in [0.4, 0.5) is 11.4 Å². The molecular weight excluding hydrogens is 689 g/mol. The standard InChI is InChI=1S/C45H56N6O4/c1-47-18-16-31(17-19-47)38-9-4-33-27-37(52)8-11-39(33)43(38)32-2-5-35(6-3-32)49-20-14-30(15-21-49)28-48-22-24-50(25-23-48)36-7-10-40-34(26-36)29-51(45(40)55)41-12-13-42(53)46-44(41)54/h2-3,5-8,10-11,26-27,30-31,38,41,43,52H,4,9,12-25,28-29H2,1H3,(H,46,53,54)/t38-,41-,43+/m0/s1. The van der Waals surface area contributed by atoms with Crippen LogP contribution >= 0.6 is 0 Å². The van der Waals surface area contributed by atoms with Crippen LogP contribution in [0.5, 0.6) is 5.75 Å². The molecule has 1 aliphatic carbocycles. The molecule has 0 aromatic heterocycles. The number of carbonyl (C=O) groups excluding carboxylic acids is 3. The topological polar surface area (TPSA) is 99.7 Å². The van der Waals surface area contributed by atoms with Crippen molar-refractivity contribution in [1.82, 2.24) is 20.0 Å². The third kappa shape index (κ3) is 7.35. The summed E-state index contributed by atoms with van der Waals surface area (Å²) in [6.07, 6.45) is 7.89. The summed E-state index contributed by atoms with van der Waals surface area (Å²) >= 11 is 0. The van der Waals surface area contributed by atoms with Gasteiger partial charge in [-0.15, -0.1) is 0 Å². The smallest absolute Gasteiger partial charge is 0.255 e. The summed E-state index contributed by atoms with van der Waals surface area (Å²) in [7, 11) is 2.25. The van der Waals surface area contributed by atoms with E-state index in [0.717, 1.165) is 69.4 Å². The van der Waals surface area contributed by atoms with E-state index in [0.29, 0.717) is 42.0 Å². The molecule has 5 aliphatic heterocycles. The summed E-state index contributed by atoms with van der Waals surface area (Å²) < 4.78 is 0. The van der Waals surface area contributed by atoms with Gasteiger partial charge in [0, 0.05) is 81.6 Å². The minimum Gasteiger partial charge on any atom is -0.508 e. The van der Waals surface area contributed by atoms with Gasteiger partial charge in [-0.3, -0.25) is 24.6 Å². The number of imide groups is 1. The fourth-order valence-corrected chi connectivity index (χ4v) is 10.8. The Balaban J connectivity index is 0.774. The van der Waals surface area contributed by atoms with E-state index in [9.17, 15) is 19.5 Å². The molecule has 4 saturated heterocycles. The first-order chi connectivity index (χ1) is 26.8. The Morgan fingerprint density at radius 1 is 0.709 bits per heavy atom. The summed E-state index contributed by atoms with van der Waals surface area (Å²) in [5.41, 5.74) is 8.28. The predicted molar refractivity (Wildman–Crippen MR) is 215 cm³/mol. The largest absolute Gasteiger partial charge is 0.508 e. The number of hydrogen-bond donors (Lipinski definition) is 2. The second-order valence-electron chi connectivity index (χ2n) is 17.3. The van der Waals surface area contributed by atoms with Gasteiger partial charge in [0.05, 0.1) is 0 Å². The summed E-state index contributed by atoms with van der Waals surface area (Å²) in [5.74, 6) is 2.12. The molecule has 3 amide bonds. The van der Waals surface area contributed by atoms with Gasteiger partial charge in [0.25, 0.3) is 5.91 Å². The number of piperidine rings is 3. The monoisotopic (exact) mass is 744 g/mol. The van der Waals surface area contributed by atoms with Crippen molar-refractivity contribution in [1.29, 1.82) is 0 Å². The Labute approximate surface area is 325 Å². The van der Waals surface area contributed by atoms with Gasteiger partial charge in [0.1, 0.15) is 11.8 Å². The number of phenolic OH excluding ortho intramolecular Hbond substituents is 1. The van der Waals surface area contributed by atoms with Gasteiger partial charge < -0.3 is 24.7 Å². The van der Waals surface area contributed by atoms with E-state index >= 15 is 0 Å². The normalized spacial score (nSPS) is 25.9. The van der Waals surface area contributed by atoms with Crippen molar-refractivity contribution in [2.75, 3.05) is 75.8 Å². The van der Waals surface area contributed by atoms with Crippen LogP contribution in [0, 0.1) is 17.8 Å². The zero-order valence-electron chi connectivity index (χ0n) is 32.3. The molecule has 10 nitrogen and oxygen atoms in total. The summed E-state index contributed by atoms with van der Waals surface area (Å²) in [6.45, 7) is 10.1. The van der Waals surface area contributed by atoms with Crippen molar-refractivity contribution in [3.8, 4) is 5.75 Å². The number of aromatic hydroxyl groups is 1. The van der Waals surface area contributed by atoms with Crippen molar-refractivity contribution >= 4 is 29.1 Å². The number of benzene rings is 3. The van der Waals surface area contributed by atoms with Crippen LogP contribution in [-0.2, 0) is 22.6 Å². The van der Waals surface area contributed by atoms with Crippen LogP contribution in [0.2, 0.25) is 0 Å². The van der Waals surface area contributed by atoms with E-state index in [4.69, 9.17) is 0 Å². The number of aryl methyl sites for hydroxylation is 1. The highest BCUT2D eigenvalue weighted by molar-refractivity contribution is 6.05. The molecule has 55 heavy (non-hydrogen) atoms. The van der Waals surface area contributed by atoms with E-state index in [2.05, 4.69) is 74.4 Å². The highest BCUT2D eigenvalue weighted by Crippen LogP contribution is 2.47. The number of nitrogens with one attached hydrogen (secondary N) is 1. The van der Waals surface area contributed by atoms with Gasteiger partial charge in [0.15, 0.2) is 0 Å². The molecule has 2 N–H and O–H groups in total. The minimum atomic E-state index is -0.582. The lowest BCUT2D eigenvalue weighted by molar-refractivity contribution is -0.136. The van der Waals surface area contributed by atoms with Gasteiger partial charge in [-0.25, -0.2) is 0 Å². The predicted octanol–water partition coefficient (Wildman–Crippen LogP) is 5.23. The first-order valence-electron chi connectivity index (χ1n) is 20.9. The van der Waals surface area contributed by atoms with Gasteiger partial charge >= 0.3 is 0 Å². The zero-order chi connectivity index (χ0) is 37.6. The number of anilines is 2. The molecule has 6 aliphatic rings. The first kappa shape index (κ1) is 36.2. The maximum Gasteiger partial charge on any atom is 0.255 e. The highest BCUT2D eigenvalue weighted by atomic mass is 16.3. The number of piperazine rings is 1. The maximum absolute atomic E-state index is 13.2. The van der Waals surface area contributed by atoms with E-state index in [1.165, 1.54) is 67.6 Å². The third-order valence-electron chi connectivity index (χ3n) is 14.0. The molecule has 3 aromatic rings. The average molecular weight is 745 g/mol. The summed E-state index contributed by atoms with van der Waals surface area (Å²) in [6, 6.07) is 21.2. The number of rotatable bonds is 7. The Bertz CT molecular complexity index is 1910. The summed E-state index contributed by atoms with van der Waals surface area (Å²) in [5, 5.41) is 12.7. The number of hydrogen-bond acceptors (Lipinski definition) is 8. The molecule has 0 spiro atoms. The average Bonchev–Trinajstić information content (AvgIpc) is 3.53. The minimum absolute atomic E-state index is 0.117. The molecule has 9 rings (SSSR count). The van der Waals surface area contributed by atoms with Crippen molar-refractivity contribution in [3.63, 3.8) is 0 Å². The van der Waals surface area contributed by atoms with Crippen molar-refractivity contribution in [2.45, 2.75) is 69.9 Å². The van der Waals surface area contributed by atoms with Crippen LogP contribution in [0.15, 0.2) is 60.7 Å². The molecule has 0 unspecified atom stereocenters.